The molecule has 0 radical (unpaired) electrons. The molecule has 2 aliphatic rings. The Bertz CT molecular complexity index is 914. The largest absolute Gasteiger partial charge is 0.379 e. The van der Waals surface area contributed by atoms with E-state index in [1.165, 1.54) is 36.4 Å². The Hall–Kier alpha value is -1.09. The van der Waals surface area contributed by atoms with Crippen molar-refractivity contribution >= 4 is 32.8 Å². The number of hydrogen-bond acceptors (Lipinski definition) is 5. The summed E-state index contributed by atoms with van der Waals surface area (Å²) >= 11 is 2.00. The lowest BCUT2D eigenvalue weighted by atomic mass is 10.0. The van der Waals surface area contributed by atoms with Gasteiger partial charge in [0.15, 0.2) is 0 Å². The number of morpholine rings is 1. The van der Waals surface area contributed by atoms with Gasteiger partial charge >= 0.3 is 0 Å². The van der Waals surface area contributed by atoms with Crippen LogP contribution in [-0.4, -0.2) is 53.8 Å². The fourth-order valence-electron chi connectivity index (χ4n) is 4.14. The summed E-state index contributed by atoms with van der Waals surface area (Å²) in [5, 5.41) is 0.733. The number of nitrogens with zero attached hydrogens (tertiary/aromatic N) is 3. The Labute approximate surface area is 171 Å². The monoisotopic (exact) mass is 423 g/mol. The van der Waals surface area contributed by atoms with Crippen molar-refractivity contribution in [1.82, 2.24) is 13.9 Å². The third-order valence-corrected chi connectivity index (χ3v) is 8.99. The summed E-state index contributed by atoms with van der Waals surface area (Å²) in [6.07, 6.45) is 6.65. The zero-order valence-electron chi connectivity index (χ0n) is 16.5. The Morgan fingerprint density at radius 3 is 2.64 bits per heavy atom. The van der Waals surface area contributed by atoms with Crippen LogP contribution in [0.5, 0.6) is 0 Å². The first-order chi connectivity index (χ1) is 13.6. The lowest BCUT2D eigenvalue weighted by molar-refractivity contribution is 0.0730. The molecule has 0 bridgehead atoms. The van der Waals surface area contributed by atoms with Gasteiger partial charge in [0.05, 0.1) is 34.9 Å². The van der Waals surface area contributed by atoms with Crippen molar-refractivity contribution in [3.8, 4) is 0 Å². The summed E-state index contributed by atoms with van der Waals surface area (Å²) in [7, 11) is -3.49. The molecule has 154 valence electrons. The summed E-state index contributed by atoms with van der Waals surface area (Å²) < 4.78 is 34.9. The van der Waals surface area contributed by atoms with E-state index in [-0.39, 0.29) is 0 Å². The maximum absolute atomic E-state index is 13.0. The average Bonchev–Trinajstić information content (AvgIpc) is 3.10. The molecule has 1 aliphatic heterocycles. The van der Waals surface area contributed by atoms with Crippen LogP contribution in [0.2, 0.25) is 0 Å². The predicted molar refractivity (Wildman–Crippen MR) is 113 cm³/mol. The van der Waals surface area contributed by atoms with Crippen LogP contribution in [-0.2, 0) is 27.1 Å². The van der Waals surface area contributed by atoms with Crippen molar-refractivity contribution in [3.05, 3.63) is 24.0 Å². The third-order valence-electron chi connectivity index (χ3n) is 5.72. The molecule has 28 heavy (non-hydrogen) atoms. The van der Waals surface area contributed by atoms with Crippen molar-refractivity contribution in [1.29, 1.82) is 0 Å². The number of sulfonamides is 1. The second kappa shape index (κ2) is 8.73. The van der Waals surface area contributed by atoms with Crippen LogP contribution in [0.25, 0.3) is 11.0 Å². The van der Waals surface area contributed by atoms with Gasteiger partial charge in [0.25, 0.3) is 0 Å². The second-order valence-electron chi connectivity index (χ2n) is 7.51. The normalized spacial score (nSPS) is 20.0. The molecule has 1 aromatic carbocycles. The van der Waals surface area contributed by atoms with Crippen molar-refractivity contribution < 1.29 is 13.2 Å². The molecule has 2 heterocycles. The Balaban J connectivity index is 1.58. The molecule has 8 heteroatoms. The molecule has 1 saturated heterocycles. The van der Waals surface area contributed by atoms with E-state index in [0.29, 0.717) is 31.2 Å². The van der Waals surface area contributed by atoms with Gasteiger partial charge in [-0.05, 0) is 38.0 Å². The van der Waals surface area contributed by atoms with Crippen molar-refractivity contribution in [2.75, 3.05) is 26.3 Å². The molecule has 2 aromatic rings. The van der Waals surface area contributed by atoms with Crippen LogP contribution in [0, 0.1) is 0 Å². The number of ether oxygens (including phenoxy) is 1. The van der Waals surface area contributed by atoms with Crippen LogP contribution < -0.4 is 0 Å². The first-order valence-electron chi connectivity index (χ1n) is 10.3. The molecule has 6 nitrogen and oxygen atoms in total. The van der Waals surface area contributed by atoms with Crippen molar-refractivity contribution in [2.24, 2.45) is 0 Å². The lowest BCUT2D eigenvalue weighted by Crippen LogP contribution is -2.40. The summed E-state index contributed by atoms with van der Waals surface area (Å²) in [5.41, 5.74) is 1.79. The van der Waals surface area contributed by atoms with Gasteiger partial charge in [-0.1, -0.05) is 19.3 Å². The second-order valence-corrected chi connectivity index (χ2v) is 10.7. The summed E-state index contributed by atoms with van der Waals surface area (Å²) in [6, 6.07) is 5.37. The molecule has 0 atom stereocenters. The number of fused-ring (bicyclic) bond motifs is 1. The number of rotatable bonds is 6. The lowest BCUT2D eigenvalue weighted by Gasteiger charge is -2.26. The quantitative estimate of drug-likeness (QED) is 0.710. The maximum atomic E-state index is 13.0. The Morgan fingerprint density at radius 2 is 1.93 bits per heavy atom. The highest BCUT2D eigenvalue weighted by Crippen LogP contribution is 2.31. The minimum Gasteiger partial charge on any atom is -0.379 e. The number of benzene rings is 1. The predicted octanol–water partition coefficient (Wildman–Crippen LogP) is 3.64. The van der Waals surface area contributed by atoms with Gasteiger partial charge in [-0.3, -0.25) is 0 Å². The smallest absolute Gasteiger partial charge is 0.243 e. The summed E-state index contributed by atoms with van der Waals surface area (Å²) in [5.74, 6) is 1.94. The number of hydrogen-bond donors (Lipinski definition) is 0. The fourth-order valence-corrected chi connectivity index (χ4v) is 6.84. The van der Waals surface area contributed by atoms with Gasteiger partial charge in [0.1, 0.15) is 5.82 Å². The molecule has 1 aromatic heterocycles. The van der Waals surface area contributed by atoms with E-state index >= 15 is 0 Å². The van der Waals surface area contributed by atoms with Crippen molar-refractivity contribution in [2.45, 2.75) is 61.5 Å². The third kappa shape index (κ3) is 4.10. The van der Waals surface area contributed by atoms with E-state index in [1.54, 1.807) is 12.1 Å². The zero-order valence-corrected chi connectivity index (χ0v) is 18.1. The molecule has 1 saturated carbocycles. The highest BCUT2D eigenvalue weighted by molar-refractivity contribution is 7.99. The average molecular weight is 424 g/mol. The minimum absolute atomic E-state index is 0.328. The molecular weight excluding hydrogens is 394 g/mol. The highest BCUT2D eigenvalue weighted by atomic mass is 32.2. The summed E-state index contributed by atoms with van der Waals surface area (Å²) in [4.78, 5) is 5.15. The first kappa shape index (κ1) is 20.2. The van der Waals surface area contributed by atoms with E-state index in [1.807, 2.05) is 17.8 Å². The molecule has 4 rings (SSSR count). The van der Waals surface area contributed by atoms with Gasteiger partial charge in [-0.2, -0.15) is 16.1 Å². The zero-order chi connectivity index (χ0) is 19.6. The fraction of sp³-hybridized carbons (Fsp3) is 0.650. The number of aryl methyl sites for hydroxylation is 1. The SMILES string of the molecule is CCn1c(CSC2CCCCC2)nc2cc(S(=O)(=O)N3CCOCC3)ccc21. The molecule has 0 amide bonds. The molecule has 0 spiro atoms. The minimum atomic E-state index is -3.49. The molecule has 1 aliphatic carbocycles. The Kier molecular flexibility index (Phi) is 6.30. The van der Waals surface area contributed by atoms with Crippen LogP contribution in [0.1, 0.15) is 44.9 Å². The maximum Gasteiger partial charge on any atom is 0.243 e. The van der Waals surface area contributed by atoms with E-state index in [0.717, 1.165) is 34.4 Å². The van der Waals surface area contributed by atoms with Crippen LogP contribution in [0.15, 0.2) is 23.1 Å². The summed E-state index contributed by atoms with van der Waals surface area (Å²) in [6.45, 7) is 4.68. The van der Waals surface area contributed by atoms with E-state index in [4.69, 9.17) is 9.72 Å². The highest BCUT2D eigenvalue weighted by Gasteiger charge is 2.27. The molecule has 2 fully saturated rings. The topological polar surface area (TPSA) is 64.4 Å². The number of aromatic nitrogens is 2. The van der Waals surface area contributed by atoms with Gasteiger partial charge in [0.2, 0.25) is 10.0 Å². The van der Waals surface area contributed by atoms with Crippen LogP contribution >= 0.6 is 11.8 Å². The van der Waals surface area contributed by atoms with Crippen LogP contribution in [0.4, 0.5) is 0 Å². The number of thioether (sulfide) groups is 1. The van der Waals surface area contributed by atoms with Gasteiger partial charge in [-0.15, -0.1) is 0 Å². The molecular formula is C20H29N3O3S2. The van der Waals surface area contributed by atoms with Crippen molar-refractivity contribution in [3.63, 3.8) is 0 Å². The number of imidazole rings is 1. The first-order valence-corrected chi connectivity index (χ1v) is 12.8. The van der Waals surface area contributed by atoms with E-state index in [9.17, 15) is 8.42 Å². The molecule has 0 unspecified atom stereocenters. The van der Waals surface area contributed by atoms with Crippen LogP contribution in [0.3, 0.4) is 0 Å². The van der Waals surface area contributed by atoms with Gasteiger partial charge < -0.3 is 9.30 Å². The van der Waals surface area contributed by atoms with Gasteiger partial charge in [0, 0.05) is 24.9 Å². The molecule has 0 N–H and O–H groups in total. The van der Waals surface area contributed by atoms with E-state index in [2.05, 4.69) is 11.5 Å². The van der Waals surface area contributed by atoms with Gasteiger partial charge in [-0.25, -0.2) is 13.4 Å². The standard InChI is InChI=1S/C20H29N3O3S2/c1-2-23-19-9-8-17(28(24,25)22-10-12-26-13-11-22)14-18(19)21-20(23)15-27-16-6-4-3-5-7-16/h8-9,14,16H,2-7,10-13,15H2,1H3. The Morgan fingerprint density at radius 1 is 1.18 bits per heavy atom. The van der Waals surface area contributed by atoms with E-state index < -0.39 is 10.0 Å².